The van der Waals surface area contributed by atoms with Gasteiger partial charge in [-0.3, -0.25) is 9.48 Å². The van der Waals surface area contributed by atoms with Gasteiger partial charge in [0, 0.05) is 12.8 Å². The lowest BCUT2D eigenvalue weighted by atomic mass is 10.0. The summed E-state index contributed by atoms with van der Waals surface area (Å²) < 4.78 is 15.3. The van der Waals surface area contributed by atoms with Gasteiger partial charge in [-0.2, -0.15) is 9.13 Å². The molecular formula is C91H116N12O12. The Labute approximate surface area is 678 Å². The third kappa shape index (κ3) is 20.8. The molecule has 0 bridgehead atoms. The number of rotatable bonds is 15. The Balaban J connectivity index is 0.000000198. The number of carbonyl (C=O) groups excluding carboxylic acids is 6. The van der Waals surface area contributed by atoms with E-state index in [0.717, 1.165) is 138 Å². The van der Waals surface area contributed by atoms with Crippen molar-refractivity contribution in [1.82, 2.24) is 18.6 Å². The van der Waals surface area contributed by atoms with Gasteiger partial charge in [-0.15, -0.1) is 0 Å². The number of anilines is 2. The third-order valence-corrected chi connectivity index (χ3v) is 20.8. The lowest BCUT2D eigenvalue weighted by molar-refractivity contribution is -0.675. The summed E-state index contributed by atoms with van der Waals surface area (Å²) in [4.78, 5) is 74.2. The Morgan fingerprint density at radius 1 is 0.374 bits per heavy atom. The van der Waals surface area contributed by atoms with Crippen LogP contribution in [0.4, 0.5) is 22.7 Å². The number of aryl methyl sites for hydroxylation is 22. The minimum absolute atomic E-state index is 0.120. The summed E-state index contributed by atoms with van der Waals surface area (Å²) in [6.07, 6.45) is 12.2. The predicted molar refractivity (Wildman–Crippen MR) is 435 cm³/mol. The number of aromatic carboxylic acids is 3. The van der Waals surface area contributed by atoms with Gasteiger partial charge in [-0.05, 0) is 226 Å². The molecule has 24 nitrogen and oxygen atoms in total. The molecule has 6 heterocycles. The van der Waals surface area contributed by atoms with Gasteiger partial charge in [0.05, 0.1) is 66.0 Å². The summed E-state index contributed by atoms with van der Waals surface area (Å²) in [6.45, 7) is 51.4. The number of aromatic nitrogens is 6. The Morgan fingerprint density at radius 2 is 0.713 bits per heavy atom. The maximum atomic E-state index is 12.3. The van der Waals surface area contributed by atoms with Gasteiger partial charge in [-0.1, -0.05) is 106 Å². The lowest BCUT2D eigenvalue weighted by Gasteiger charge is -2.31. The van der Waals surface area contributed by atoms with E-state index >= 15 is 0 Å². The zero-order valence-electron chi connectivity index (χ0n) is 72.2. The molecule has 3 aliphatic heterocycles. The second kappa shape index (κ2) is 38.3. The zero-order chi connectivity index (χ0) is 86.0. The molecule has 24 heteroatoms. The van der Waals surface area contributed by atoms with Crippen molar-refractivity contribution in [3.63, 3.8) is 0 Å². The number of benzene rings is 6. The van der Waals surface area contributed by atoms with Gasteiger partial charge in [0.1, 0.15) is 84.4 Å². The summed E-state index contributed by atoms with van der Waals surface area (Å²) in [5.41, 5.74) is 25.5. The van der Waals surface area contributed by atoms with E-state index in [1.54, 1.807) is 72.0 Å². The number of aliphatic carboxylic acids is 3. The third-order valence-electron chi connectivity index (χ3n) is 20.8. The topological polar surface area (TPSA) is 286 Å². The van der Waals surface area contributed by atoms with E-state index in [1.165, 1.54) is 36.0 Å². The van der Waals surface area contributed by atoms with E-state index in [1.807, 2.05) is 160 Å². The highest BCUT2D eigenvalue weighted by Crippen LogP contribution is 2.35. The number of hydrogen-bond acceptors (Lipinski definition) is 15. The maximum Gasteiger partial charge on any atom is 0.315 e. The average molecular weight is 1570 g/mol. The van der Waals surface area contributed by atoms with Crippen LogP contribution in [-0.2, 0) is 42.1 Å². The molecule has 0 spiro atoms. The molecule has 0 saturated carbocycles. The molecule has 0 fully saturated rings. The fraction of sp³-hybridized carbons (Fsp3) is 0.407. The first-order chi connectivity index (χ1) is 53.8. The molecule has 0 aliphatic carbocycles. The molecule has 0 N–H and O–H groups in total. The van der Waals surface area contributed by atoms with Crippen LogP contribution in [0.3, 0.4) is 0 Å². The fourth-order valence-corrected chi connectivity index (χ4v) is 17.0. The Kier molecular flexibility index (Phi) is 30.1. The molecular weight excluding hydrogens is 1450 g/mol. The van der Waals surface area contributed by atoms with Crippen molar-refractivity contribution >= 4 is 76.1 Å². The van der Waals surface area contributed by atoms with Crippen molar-refractivity contribution in [3.8, 4) is 11.4 Å². The summed E-state index contributed by atoms with van der Waals surface area (Å²) in [7, 11) is 4.99. The van der Waals surface area contributed by atoms with E-state index in [4.69, 9.17) is 0 Å². The molecule has 0 radical (unpaired) electrons. The van der Waals surface area contributed by atoms with Crippen LogP contribution in [0.2, 0.25) is 0 Å². The highest BCUT2D eigenvalue weighted by atomic mass is 16.4. The minimum atomic E-state index is -1.20. The minimum Gasteiger partial charge on any atom is -0.538 e. The molecule has 6 aromatic carbocycles. The maximum absolute atomic E-state index is 12.3. The number of carboxylic acids is 6. The van der Waals surface area contributed by atoms with E-state index < -0.39 is 35.8 Å². The van der Waals surface area contributed by atoms with Crippen molar-refractivity contribution < 1.29 is 86.8 Å². The van der Waals surface area contributed by atoms with Crippen molar-refractivity contribution in [2.24, 2.45) is 21.1 Å². The predicted octanol–water partition coefficient (Wildman–Crippen LogP) is 5.64. The first-order valence-corrected chi connectivity index (χ1v) is 39.0. The van der Waals surface area contributed by atoms with E-state index in [0.29, 0.717) is 38.6 Å². The monoisotopic (exact) mass is 1570 g/mol. The summed E-state index contributed by atoms with van der Waals surface area (Å²) >= 11 is 0. The Hall–Kier alpha value is -11.8. The van der Waals surface area contributed by atoms with Crippen LogP contribution in [0.1, 0.15) is 179 Å². The van der Waals surface area contributed by atoms with Gasteiger partial charge in [-0.25, -0.2) is 37.2 Å². The molecule has 0 saturated heterocycles. The SMILES string of the molecule is CC(C)N1CCC[N+](C(C)C)=C1C(=O)[O-].CCn1cc[n+](C)c1C(=O)[O-].Cc1cc(C)c(-n2cc[n+](-c3c(C)cc(C)cc3C)c2C(=O)[O-])c(C)c1.Cc1cc(C)c(N2CCC[N+](c3c(C)cc(C)cc3C)=C2C(=O)[O-])c(C)c1.Cc1cc(C)c(N2CC[N+](c3c(C)cc(C)cc3C)=C2C(=O)[O-])c(C)c1.Cn1cc[n+](C)c1C(=O)[O-]. The number of nitrogens with zero attached hydrogens (tertiary/aromatic N) is 12. The van der Waals surface area contributed by atoms with Gasteiger partial charge in [0.25, 0.3) is 5.84 Å². The molecule has 12 rings (SSSR count). The van der Waals surface area contributed by atoms with Crippen LogP contribution in [0.5, 0.6) is 0 Å². The molecule has 115 heavy (non-hydrogen) atoms. The second-order valence-electron chi connectivity index (χ2n) is 31.3. The van der Waals surface area contributed by atoms with Crippen molar-refractivity contribution in [1.29, 1.82) is 0 Å². The first-order valence-electron chi connectivity index (χ1n) is 39.0. The fourth-order valence-electron chi connectivity index (χ4n) is 17.0. The molecule has 9 aromatic rings. The van der Waals surface area contributed by atoms with Gasteiger partial charge in [0.2, 0.25) is 0 Å². The molecule has 612 valence electrons. The molecule has 0 unspecified atom stereocenters. The smallest absolute Gasteiger partial charge is 0.315 e. The molecule has 3 aliphatic rings. The summed E-state index contributed by atoms with van der Waals surface area (Å²) in [5, 5.41) is 68.5. The second-order valence-corrected chi connectivity index (χ2v) is 31.3. The lowest BCUT2D eigenvalue weighted by Crippen LogP contribution is -2.56. The van der Waals surface area contributed by atoms with Crippen LogP contribution in [0, 0.1) is 125 Å². The number of amidine groups is 3. The van der Waals surface area contributed by atoms with Gasteiger partial charge >= 0.3 is 29.1 Å². The number of carbonyl (C=O) groups is 6. The largest absolute Gasteiger partial charge is 0.538 e. The molecule has 3 aromatic heterocycles. The molecule has 0 amide bonds. The number of hydrogen-bond donors (Lipinski definition) is 0. The van der Waals surface area contributed by atoms with Crippen LogP contribution in [-0.4, -0.2) is 137 Å². The standard InChI is InChI=1S/C23H28N2O2.C22H26N2O2.C22H24N2O2.C11H20N2O2.C7H10N2O2.C6H8N2O2/c1-14-10-16(3)20(17(4)11-14)24-8-7-9-25(22(24)23(26)27)21-18(5)12-15(2)13-19(21)6;2*1-13-9-15(3)19(16(4)10-13)23-7-8-24(21(23)22(25)26)20-17(5)11-14(2)12-18(20)6;1-8(2)12-6-5-7-13(9(3)4)10(12)11(14)15;1-3-9-5-4-8(2)6(9)7(10)11;1-7-3-4-8(2)5(7)6(9)10/h10-13H,7-9H2,1-6H3;9-12H,7-8H2,1-6H3;7-12H,1-6H3;8-9H,5-7H2,1-4H3;4-5H,3H2,1-2H3;3-4H,1-2H3. The first kappa shape index (κ1) is 90.4. The van der Waals surface area contributed by atoms with Crippen LogP contribution >= 0.6 is 0 Å². The summed E-state index contributed by atoms with van der Waals surface area (Å²) in [6, 6.07) is 25.5. The van der Waals surface area contributed by atoms with Crippen LogP contribution < -0.4 is 54.1 Å². The van der Waals surface area contributed by atoms with E-state index in [-0.39, 0.29) is 41.2 Å². The Morgan fingerprint density at radius 3 is 1.04 bits per heavy atom. The number of imidazole rings is 3. The van der Waals surface area contributed by atoms with Crippen LogP contribution in [0.15, 0.2) is 110 Å². The highest BCUT2D eigenvalue weighted by molar-refractivity contribution is 6.38. The van der Waals surface area contributed by atoms with Crippen molar-refractivity contribution in [2.75, 3.05) is 49.1 Å². The van der Waals surface area contributed by atoms with Gasteiger partial charge < -0.3 is 59.4 Å². The Bertz CT molecular complexity index is 5100. The average Bonchev–Trinajstić information content (AvgIpc) is 1.11. The number of carboxylic acid groups (broad SMARTS) is 6. The van der Waals surface area contributed by atoms with Gasteiger partial charge in [0.15, 0.2) is 35.8 Å². The van der Waals surface area contributed by atoms with E-state index in [9.17, 15) is 59.4 Å². The molecule has 0 atom stereocenters. The van der Waals surface area contributed by atoms with E-state index in [2.05, 4.69) is 100 Å². The van der Waals surface area contributed by atoms with Crippen molar-refractivity contribution in [2.45, 2.75) is 191 Å². The highest BCUT2D eigenvalue weighted by Gasteiger charge is 2.39. The zero-order valence-corrected chi connectivity index (χ0v) is 72.2. The van der Waals surface area contributed by atoms with Crippen LogP contribution in [0.25, 0.3) is 11.4 Å². The van der Waals surface area contributed by atoms with Crippen molar-refractivity contribution in [3.05, 3.63) is 228 Å². The summed E-state index contributed by atoms with van der Waals surface area (Å²) in [5.74, 6) is -5.51. The quantitative estimate of drug-likeness (QED) is 0.112. The normalized spacial score (nSPS) is 13.3.